The third-order valence-corrected chi connectivity index (χ3v) is 7.36. The number of rotatable bonds is 15. The molecule has 1 aliphatic rings. The van der Waals surface area contributed by atoms with E-state index < -0.39 is 24.4 Å². The molecule has 2 unspecified atom stereocenters. The van der Waals surface area contributed by atoms with Gasteiger partial charge in [0, 0.05) is 6.92 Å². The molecule has 5 rings (SSSR count). The largest absolute Gasteiger partial charge is 0.487 e. The van der Waals surface area contributed by atoms with Crippen LogP contribution in [-0.4, -0.2) is 43.6 Å². The fraction of sp³-hybridized carbons (Fsp3) is 0.289. The summed E-state index contributed by atoms with van der Waals surface area (Å²) >= 11 is 0. The molecule has 0 N–H and O–H groups in total. The molecular weight excluding hydrogens is 568 g/mol. The van der Waals surface area contributed by atoms with Gasteiger partial charge in [0.2, 0.25) is 0 Å². The highest BCUT2D eigenvalue weighted by atomic mass is 16.6. The first-order valence-electron chi connectivity index (χ1n) is 15.2. The number of carbonyl (C=O) groups is 1. The Bertz CT molecular complexity index is 1440. The van der Waals surface area contributed by atoms with Gasteiger partial charge < -0.3 is 28.4 Å². The standard InChI is InChI=1S/C38H40O7/c1-29(39)41-23-22-34-36(42-25-31-16-8-3-9-17-31)38(44-27-33-20-12-5-13-21-33)37(43-26-32-18-10-4-11-19-32)35(45-34)28-40-24-30-14-6-2-7-15-30/h2-22,35-38H,23-28H2,1H3/b34-22-/t35?,36?,37-,38-/m0/s1. The van der Waals surface area contributed by atoms with Gasteiger partial charge in [-0.15, -0.1) is 0 Å². The second kappa shape index (κ2) is 17.3. The molecule has 7 nitrogen and oxygen atoms in total. The quantitative estimate of drug-likeness (QED) is 0.137. The van der Waals surface area contributed by atoms with Crippen molar-refractivity contribution in [2.75, 3.05) is 13.2 Å². The van der Waals surface area contributed by atoms with Gasteiger partial charge in [-0.1, -0.05) is 121 Å². The zero-order chi connectivity index (χ0) is 31.1. The fourth-order valence-electron chi connectivity index (χ4n) is 5.11. The third kappa shape index (κ3) is 10.1. The van der Waals surface area contributed by atoms with Crippen molar-refractivity contribution in [3.63, 3.8) is 0 Å². The average Bonchev–Trinajstić information content (AvgIpc) is 3.08. The monoisotopic (exact) mass is 608 g/mol. The molecule has 0 spiro atoms. The summed E-state index contributed by atoms with van der Waals surface area (Å²) in [4.78, 5) is 11.6. The highest BCUT2D eigenvalue weighted by molar-refractivity contribution is 5.66. The van der Waals surface area contributed by atoms with Crippen LogP contribution in [0.1, 0.15) is 29.2 Å². The maximum Gasteiger partial charge on any atom is 0.302 e. The molecule has 4 aromatic carbocycles. The summed E-state index contributed by atoms with van der Waals surface area (Å²) < 4.78 is 38.0. The van der Waals surface area contributed by atoms with Gasteiger partial charge in [-0.2, -0.15) is 0 Å². The normalized spacial score (nSPS) is 20.4. The van der Waals surface area contributed by atoms with Gasteiger partial charge in [-0.25, -0.2) is 0 Å². The number of benzene rings is 4. The predicted octanol–water partition coefficient (Wildman–Crippen LogP) is 6.81. The fourth-order valence-corrected chi connectivity index (χ4v) is 5.11. The highest BCUT2D eigenvalue weighted by Gasteiger charge is 2.46. The Morgan fingerprint density at radius 2 is 1.07 bits per heavy atom. The van der Waals surface area contributed by atoms with Crippen LogP contribution in [-0.2, 0) is 59.6 Å². The van der Waals surface area contributed by atoms with Crippen LogP contribution in [0.5, 0.6) is 0 Å². The topological polar surface area (TPSA) is 72.5 Å². The van der Waals surface area contributed by atoms with Crippen molar-refractivity contribution >= 4 is 5.97 Å². The smallest absolute Gasteiger partial charge is 0.302 e. The summed E-state index contributed by atoms with van der Waals surface area (Å²) in [7, 11) is 0. The Kier molecular flexibility index (Phi) is 12.3. The molecule has 1 saturated heterocycles. The molecule has 0 radical (unpaired) electrons. The zero-order valence-corrected chi connectivity index (χ0v) is 25.5. The van der Waals surface area contributed by atoms with Gasteiger partial charge in [0.05, 0.1) is 33.0 Å². The lowest BCUT2D eigenvalue weighted by Crippen LogP contribution is -2.56. The molecule has 234 valence electrons. The first-order valence-corrected chi connectivity index (χ1v) is 15.2. The van der Waals surface area contributed by atoms with Gasteiger partial charge in [-0.05, 0) is 28.3 Å². The second-order valence-electron chi connectivity index (χ2n) is 10.8. The summed E-state index contributed by atoms with van der Waals surface area (Å²) in [5.74, 6) is 0.131. The maximum atomic E-state index is 11.6. The number of hydrogen-bond donors (Lipinski definition) is 0. The van der Waals surface area contributed by atoms with Crippen molar-refractivity contribution in [1.82, 2.24) is 0 Å². The summed E-state index contributed by atoms with van der Waals surface area (Å²) in [5, 5.41) is 0. The van der Waals surface area contributed by atoms with Gasteiger partial charge in [0.1, 0.15) is 30.7 Å². The third-order valence-electron chi connectivity index (χ3n) is 7.36. The molecule has 0 aromatic heterocycles. The van der Waals surface area contributed by atoms with E-state index in [1.807, 2.05) is 121 Å². The molecule has 1 fully saturated rings. The molecule has 7 heteroatoms. The molecule has 0 bridgehead atoms. The van der Waals surface area contributed by atoms with Gasteiger partial charge in [-0.3, -0.25) is 4.79 Å². The molecule has 0 saturated carbocycles. The van der Waals surface area contributed by atoms with Crippen LogP contribution in [0, 0.1) is 0 Å². The first-order chi connectivity index (χ1) is 22.2. The molecule has 4 aromatic rings. The van der Waals surface area contributed by atoms with E-state index in [-0.39, 0.29) is 19.2 Å². The Hall–Kier alpha value is -4.27. The molecule has 0 aliphatic carbocycles. The Balaban J connectivity index is 1.45. The van der Waals surface area contributed by atoms with Gasteiger partial charge in [0.25, 0.3) is 0 Å². The first kappa shape index (κ1) is 32.1. The summed E-state index contributed by atoms with van der Waals surface area (Å²) in [5.41, 5.74) is 4.12. The molecular formula is C38H40O7. The Morgan fingerprint density at radius 3 is 1.56 bits per heavy atom. The molecule has 4 atom stereocenters. The van der Waals surface area contributed by atoms with E-state index >= 15 is 0 Å². The summed E-state index contributed by atoms with van der Waals surface area (Å²) in [6, 6.07) is 39.9. The van der Waals surface area contributed by atoms with E-state index in [4.69, 9.17) is 28.4 Å². The van der Waals surface area contributed by atoms with Crippen LogP contribution < -0.4 is 0 Å². The van der Waals surface area contributed by atoms with Crippen LogP contribution in [0.15, 0.2) is 133 Å². The summed E-state index contributed by atoms with van der Waals surface area (Å²) in [6.45, 7) is 3.10. The Morgan fingerprint density at radius 1 is 0.622 bits per heavy atom. The van der Waals surface area contributed by atoms with Crippen molar-refractivity contribution in [3.8, 4) is 0 Å². The lowest BCUT2D eigenvalue weighted by molar-refractivity contribution is -0.223. The van der Waals surface area contributed by atoms with E-state index in [0.29, 0.717) is 32.2 Å². The molecule has 45 heavy (non-hydrogen) atoms. The highest BCUT2D eigenvalue weighted by Crippen LogP contribution is 2.33. The zero-order valence-electron chi connectivity index (χ0n) is 25.5. The van der Waals surface area contributed by atoms with E-state index in [9.17, 15) is 4.79 Å². The molecule has 1 heterocycles. The minimum atomic E-state index is -0.643. The minimum Gasteiger partial charge on any atom is -0.487 e. The predicted molar refractivity (Wildman–Crippen MR) is 171 cm³/mol. The number of hydrogen-bond acceptors (Lipinski definition) is 7. The second-order valence-corrected chi connectivity index (χ2v) is 10.8. The lowest BCUT2D eigenvalue weighted by atomic mass is 9.96. The maximum absolute atomic E-state index is 11.6. The van der Waals surface area contributed by atoms with Crippen molar-refractivity contribution < 1.29 is 33.2 Å². The van der Waals surface area contributed by atoms with Crippen molar-refractivity contribution in [2.24, 2.45) is 0 Å². The van der Waals surface area contributed by atoms with E-state index in [1.165, 1.54) is 6.92 Å². The average molecular weight is 609 g/mol. The van der Waals surface area contributed by atoms with E-state index in [2.05, 4.69) is 0 Å². The molecule has 1 aliphatic heterocycles. The number of ether oxygens (including phenoxy) is 6. The van der Waals surface area contributed by atoms with Crippen molar-refractivity contribution in [1.29, 1.82) is 0 Å². The number of carbonyl (C=O) groups excluding carboxylic acids is 1. The SMILES string of the molecule is CC(=O)OC/C=C1\OC(COCc2ccccc2)[C@H](OCc2ccccc2)[C@@H](OCc2ccccc2)C1OCc1ccccc1. The van der Waals surface area contributed by atoms with Crippen LogP contribution in [0.2, 0.25) is 0 Å². The van der Waals surface area contributed by atoms with Crippen LogP contribution in [0.4, 0.5) is 0 Å². The van der Waals surface area contributed by atoms with Crippen molar-refractivity contribution in [3.05, 3.63) is 155 Å². The lowest BCUT2D eigenvalue weighted by Gasteiger charge is -2.43. The summed E-state index contributed by atoms with van der Waals surface area (Å²) in [6.07, 6.45) is -0.543. The molecule has 0 amide bonds. The van der Waals surface area contributed by atoms with Crippen LogP contribution in [0.3, 0.4) is 0 Å². The Labute approximate surface area is 265 Å². The minimum absolute atomic E-state index is 0.0361. The van der Waals surface area contributed by atoms with E-state index in [1.54, 1.807) is 6.08 Å². The number of esters is 1. The van der Waals surface area contributed by atoms with Crippen LogP contribution >= 0.6 is 0 Å². The van der Waals surface area contributed by atoms with E-state index in [0.717, 1.165) is 22.3 Å². The van der Waals surface area contributed by atoms with Gasteiger partial charge >= 0.3 is 5.97 Å². The van der Waals surface area contributed by atoms with Gasteiger partial charge in [0.15, 0.2) is 6.10 Å². The van der Waals surface area contributed by atoms with Crippen molar-refractivity contribution in [2.45, 2.75) is 57.8 Å². The van der Waals surface area contributed by atoms with Crippen LogP contribution in [0.25, 0.3) is 0 Å².